The molecule has 0 bridgehead atoms. The lowest BCUT2D eigenvalue weighted by molar-refractivity contribution is -0.142. The van der Waals surface area contributed by atoms with Crippen LogP contribution in [0.5, 0.6) is 0 Å². The monoisotopic (exact) mass is 372 g/mol. The lowest BCUT2D eigenvalue weighted by Crippen LogP contribution is -2.43. The van der Waals surface area contributed by atoms with Gasteiger partial charge in [-0.25, -0.2) is 4.79 Å². The minimum absolute atomic E-state index is 0.347. The summed E-state index contributed by atoms with van der Waals surface area (Å²) in [5.41, 5.74) is 10.5. The lowest BCUT2D eigenvalue weighted by Gasteiger charge is -2.20. The number of benzene rings is 2. The summed E-state index contributed by atoms with van der Waals surface area (Å²) in [5.74, 6) is -0.347. The predicted molar refractivity (Wildman–Crippen MR) is 112 cm³/mol. The quantitative estimate of drug-likeness (QED) is 0.472. The van der Waals surface area contributed by atoms with Crippen molar-refractivity contribution in [1.29, 1.82) is 0 Å². The second-order valence-electron chi connectivity index (χ2n) is 5.76. The Hall–Kier alpha value is -2.40. The summed E-state index contributed by atoms with van der Waals surface area (Å²) in [7, 11) is 1.38. The van der Waals surface area contributed by atoms with E-state index >= 15 is 0 Å². The van der Waals surface area contributed by atoms with Crippen LogP contribution in [0.25, 0.3) is 0 Å². The third-order valence-corrected chi connectivity index (χ3v) is 4.24. The first-order valence-corrected chi connectivity index (χ1v) is 9.12. The smallest absolute Gasteiger partial charge is 0.328 e. The van der Waals surface area contributed by atoms with Gasteiger partial charge in [0, 0.05) is 17.7 Å². The van der Waals surface area contributed by atoms with Crippen LogP contribution in [0.4, 0.5) is 5.69 Å². The molecular weight excluding hydrogens is 344 g/mol. The van der Waals surface area contributed by atoms with Crippen LogP contribution < -0.4 is 11.1 Å². The number of nitrogens with one attached hydrogen (secondary N) is 1. The van der Waals surface area contributed by atoms with Crippen molar-refractivity contribution in [3.05, 3.63) is 64.7 Å². The molecule has 0 spiro atoms. The number of ether oxygens (including phenoxy) is 1. The van der Waals surface area contributed by atoms with E-state index in [1.165, 1.54) is 7.11 Å². The number of esters is 1. The molecule has 0 aromatic heterocycles. The minimum atomic E-state index is -0.551. The number of anilines is 1. The van der Waals surface area contributed by atoms with Gasteiger partial charge >= 0.3 is 5.97 Å². The second kappa shape index (κ2) is 10.6. The number of aryl methyl sites for hydroxylation is 2. The Bertz CT molecular complexity index is 722. The number of methoxy groups -OCH3 is 1. The first kappa shape index (κ1) is 21.6. The highest BCUT2D eigenvalue weighted by Crippen LogP contribution is 2.15. The molecule has 0 aliphatic rings. The maximum Gasteiger partial charge on any atom is 0.328 e. The average molecular weight is 373 g/mol. The highest BCUT2D eigenvalue weighted by molar-refractivity contribution is 7.80. The molecule has 4 nitrogen and oxygen atoms in total. The summed E-state index contributed by atoms with van der Waals surface area (Å²) in [6.07, 6.45) is 0.470. The third-order valence-electron chi connectivity index (χ3n) is 3.92. The molecule has 3 N–H and O–H groups in total. The molecule has 140 valence electrons. The molecule has 0 radical (unpaired) electrons. The van der Waals surface area contributed by atoms with Crippen molar-refractivity contribution in [3.63, 3.8) is 0 Å². The fraction of sp³-hybridized carbons (Fsp3) is 0.333. The minimum Gasteiger partial charge on any atom is -0.467 e. The Morgan fingerprint density at radius 3 is 2.15 bits per heavy atom. The maximum atomic E-state index is 12.2. The van der Waals surface area contributed by atoms with E-state index in [-0.39, 0.29) is 5.97 Å². The zero-order valence-electron chi connectivity index (χ0n) is 16.1. The topological polar surface area (TPSA) is 64.3 Å². The number of thiocarbonyl (C=S) groups is 1. The SMILES string of the molecule is CC.COC(=O)C(Cc1ccc(N)cc1)NC(=S)c1c(C)cccc1C. The summed E-state index contributed by atoms with van der Waals surface area (Å²) in [6, 6.07) is 12.9. The lowest BCUT2D eigenvalue weighted by atomic mass is 10.0. The van der Waals surface area contributed by atoms with Crippen LogP contribution in [0, 0.1) is 13.8 Å². The molecule has 2 aromatic carbocycles. The molecule has 1 unspecified atom stereocenters. The van der Waals surface area contributed by atoms with Gasteiger partial charge < -0.3 is 15.8 Å². The number of carbonyl (C=O) groups is 1. The summed E-state index contributed by atoms with van der Waals surface area (Å²) < 4.78 is 4.92. The summed E-state index contributed by atoms with van der Waals surface area (Å²) >= 11 is 5.54. The van der Waals surface area contributed by atoms with Crippen LogP contribution in [0.3, 0.4) is 0 Å². The van der Waals surface area contributed by atoms with Gasteiger partial charge in [-0.2, -0.15) is 0 Å². The molecule has 26 heavy (non-hydrogen) atoms. The maximum absolute atomic E-state index is 12.2. The Balaban J connectivity index is 0.00000163. The Kier molecular flexibility index (Phi) is 8.79. The van der Waals surface area contributed by atoms with E-state index in [1.807, 2.05) is 70.2 Å². The van der Waals surface area contributed by atoms with Gasteiger partial charge in [0.25, 0.3) is 0 Å². The van der Waals surface area contributed by atoms with Crippen molar-refractivity contribution >= 4 is 28.9 Å². The number of nitrogen functional groups attached to an aromatic ring is 1. The Labute approximate surface area is 161 Å². The van der Waals surface area contributed by atoms with Gasteiger partial charge in [0.1, 0.15) is 11.0 Å². The summed E-state index contributed by atoms with van der Waals surface area (Å²) in [4.78, 5) is 12.7. The number of nitrogens with two attached hydrogens (primary N) is 1. The molecule has 2 rings (SSSR count). The summed E-state index contributed by atoms with van der Waals surface area (Å²) in [5, 5.41) is 3.15. The predicted octanol–water partition coefficient (Wildman–Crippen LogP) is 3.96. The zero-order chi connectivity index (χ0) is 19.7. The molecule has 0 fully saturated rings. The van der Waals surface area contributed by atoms with E-state index in [0.717, 1.165) is 22.3 Å². The third kappa shape index (κ3) is 5.85. The standard InChI is InChI=1S/C19H22N2O2S.C2H6/c1-12-5-4-6-13(2)17(12)18(24)21-16(19(22)23-3)11-14-7-9-15(20)10-8-14;1-2/h4-10,16H,11,20H2,1-3H3,(H,21,24);1-2H3. The van der Waals surface area contributed by atoms with Gasteiger partial charge in [-0.1, -0.05) is 56.4 Å². The van der Waals surface area contributed by atoms with Crippen molar-refractivity contribution < 1.29 is 9.53 Å². The van der Waals surface area contributed by atoms with E-state index < -0.39 is 6.04 Å². The number of carbonyl (C=O) groups excluding carboxylic acids is 1. The van der Waals surface area contributed by atoms with Crippen molar-refractivity contribution in [2.75, 3.05) is 12.8 Å². The van der Waals surface area contributed by atoms with Gasteiger partial charge in [-0.3, -0.25) is 0 Å². The van der Waals surface area contributed by atoms with Gasteiger partial charge in [0.2, 0.25) is 0 Å². The normalized spacial score (nSPS) is 11.0. The molecular formula is C21H28N2O2S. The first-order chi connectivity index (χ1) is 12.4. The van der Waals surface area contributed by atoms with E-state index in [0.29, 0.717) is 17.1 Å². The molecule has 0 saturated carbocycles. The average Bonchev–Trinajstić information content (AvgIpc) is 2.64. The van der Waals surface area contributed by atoms with E-state index in [2.05, 4.69) is 5.32 Å². The highest BCUT2D eigenvalue weighted by Gasteiger charge is 2.22. The van der Waals surface area contributed by atoms with Gasteiger partial charge in [-0.15, -0.1) is 0 Å². The van der Waals surface area contributed by atoms with Crippen molar-refractivity contribution in [2.24, 2.45) is 0 Å². The number of hydrogen-bond donors (Lipinski definition) is 2. The molecule has 0 heterocycles. The van der Waals surface area contributed by atoms with Gasteiger partial charge in [0.15, 0.2) is 0 Å². The molecule has 0 aliphatic heterocycles. The molecule has 1 atom stereocenters. The van der Waals surface area contributed by atoms with Crippen LogP contribution in [0.15, 0.2) is 42.5 Å². The largest absolute Gasteiger partial charge is 0.467 e. The summed E-state index contributed by atoms with van der Waals surface area (Å²) in [6.45, 7) is 8.01. The van der Waals surface area contributed by atoms with E-state index in [4.69, 9.17) is 22.7 Å². The van der Waals surface area contributed by atoms with E-state index in [1.54, 1.807) is 0 Å². The van der Waals surface area contributed by atoms with Gasteiger partial charge in [0.05, 0.1) is 7.11 Å². The van der Waals surface area contributed by atoms with Crippen LogP contribution in [0.2, 0.25) is 0 Å². The molecule has 2 aromatic rings. The molecule has 0 saturated heterocycles. The molecule has 0 aliphatic carbocycles. The fourth-order valence-corrected chi connectivity index (χ4v) is 3.09. The molecule has 5 heteroatoms. The fourth-order valence-electron chi connectivity index (χ4n) is 2.63. The van der Waals surface area contributed by atoms with Crippen LogP contribution >= 0.6 is 12.2 Å². The van der Waals surface area contributed by atoms with E-state index in [9.17, 15) is 4.79 Å². The number of rotatable bonds is 5. The van der Waals surface area contributed by atoms with Gasteiger partial charge in [-0.05, 0) is 42.7 Å². The second-order valence-corrected chi connectivity index (χ2v) is 6.17. The van der Waals surface area contributed by atoms with Crippen molar-refractivity contribution in [2.45, 2.75) is 40.2 Å². The highest BCUT2D eigenvalue weighted by atomic mass is 32.1. The number of hydrogen-bond acceptors (Lipinski definition) is 4. The van der Waals surface area contributed by atoms with Crippen LogP contribution in [-0.4, -0.2) is 24.1 Å². The zero-order valence-corrected chi connectivity index (χ0v) is 16.9. The van der Waals surface area contributed by atoms with Crippen LogP contribution in [0.1, 0.15) is 36.1 Å². The first-order valence-electron chi connectivity index (χ1n) is 8.71. The molecule has 0 amide bonds. The Morgan fingerprint density at radius 1 is 1.12 bits per heavy atom. The van der Waals surface area contributed by atoms with Crippen molar-refractivity contribution in [1.82, 2.24) is 5.32 Å². The van der Waals surface area contributed by atoms with Crippen LogP contribution in [-0.2, 0) is 16.0 Å². The van der Waals surface area contributed by atoms with Crippen molar-refractivity contribution in [3.8, 4) is 0 Å². The Morgan fingerprint density at radius 2 is 1.65 bits per heavy atom.